The summed E-state index contributed by atoms with van der Waals surface area (Å²) < 4.78 is 0. The quantitative estimate of drug-likeness (QED) is 0.684. The van der Waals surface area contributed by atoms with Crippen molar-refractivity contribution in [2.45, 2.75) is 12.8 Å². The van der Waals surface area contributed by atoms with E-state index in [0.29, 0.717) is 29.8 Å². The van der Waals surface area contributed by atoms with E-state index in [1.165, 1.54) is 4.90 Å². The Morgan fingerprint density at radius 1 is 0.846 bits per heavy atom. The average Bonchev–Trinajstić information content (AvgIpc) is 2.94. The molecule has 1 fully saturated rings. The molecule has 0 aromatic heterocycles. The minimum absolute atomic E-state index is 0.134. The Labute approximate surface area is 151 Å². The molecule has 1 N–H and O–H groups in total. The number of carbonyl (C=O) groups is 3. The van der Waals surface area contributed by atoms with Crippen LogP contribution in [0, 0.1) is 11.8 Å². The van der Waals surface area contributed by atoms with Crippen molar-refractivity contribution in [3.63, 3.8) is 0 Å². The number of nitrogens with zero attached hydrogens (tertiary/aromatic N) is 1. The number of rotatable bonds is 3. The number of allylic oxidation sites excluding steroid dienone is 2. The summed E-state index contributed by atoms with van der Waals surface area (Å²) in [5.74, 6) is -0.963. The first-order valence-electron chi connectivity index (χ1n) is 8.64. The van der Waals surface area contributed by atoms with Gasteiger partial charge in [0.05, 0.1) is 17.5 Å². The zero-order chi connectivity index (χ0) is 18.1. The van der Waals surface area contributed by atoms with Crippen LogP contribution in [0.1, 0.15) is 23.2 Å². The number of fused-ring (bicyclic) bond motifs is 1. The van der Waals surface area contributed by atoms with Crippen molar-refractivity contribution in [2.75, 3.05) is 10.2 Å². The summed E-state index contributed by atoms with van der Waals surface area (Å²) in [7, 11) is 0. The Balaban J connectivity index is 1.51. The van der Waals surface area contributed by atoms with Crippen molar-refractivity contribution in [2.24, 2.45) is 11.8 Å². The number of amides is 3. The summed E-state index contributed by atoms with van der Waals surface area (Å²) >= 11 is 0. The largest absolute Gasteiger partial charge is 0.322 e. The predicted molar refractivity (Wildman–Crippen MR) is 98.7 cm³/mol. The Morgan fingerprint density at radius 3 is 2.00 bits per heavy atom. The molecule has 3 amide bonds. The predicted octanol–water partition coefficient (Wildman–Crippen LogP) is 3.39. The van der Waals surface area contributed by atoms with E-state index in [4.69, 9.17) is 0 Å². The fraction of sp³-hybridized carbons (Fsp3) is 0.190. The van der Waals surface area contributed by atoms with Gasteiger partial charge in [0.15, 0.2) is 0 Å². The number of carbonyl (C=O) groups excluding carboxylic acids is 3. The average molecular weight is 346 g/mol. The summed E-state index contributed by atoms with van der Waals surface area (Å²) in [5.41, 5.74) is 1.73. The Morgan fingerprint density at radius 2 is 1.42 bits per heavy atom. The molecule has 2 atom stereocenters. The Hall–Kier alpha value is -3.21. The highest BCUT2D eigenvalue weighted by atomic mass is 16.2. The second-order valence-electron chi connectivity index (χ2n) is 6.53. The van der Waals surface area contributed by atoms with Crippen molar-refractivity contribution >= 4 is 29.1 Å². The number of hydrogen-bond acceptors (Lipinski definition) is 3. The smallest absolute Gasteiger partial charge is 0.255 e. The minimum Gasteiger partial charge on any atom is -0.322 e. The van der Waals surface area contributed by atoms with Crippen LogP contribution in [-0.2, 0) is 9.59 Å². The molecule has 1 aliphatic heterocycles. The fourth-order valence-corrected chi connectivity index (χ4v) is 3.54. The molecular weight excluding hydrogens is 328 g/mol. The molecule has 2 aromatic rings. The van der Waals surface area contributed by atoms with Crippen molar-refractivity contribution < 1.29 is 14.4 Å². The number of nitrogens with one attached hydrogen (secondary N) is 1. The second-order valence-corrected chi connectivity index (χ2v) is 6.53. The summed E-state index contributed by atoms with van der Waals surface area (Å²) in [4.78, 5) is 38.7. The van der Waals surface area contributed by atoms with E-state index < -0.39 is 0 Å². The first-order chi connectivity index (χ1) is 12.6. The Kier molecular flexibility index (Phi) is 4.13. The molecule has 0 saturated carbocycles. The molecule has 130 valence electrons. The molecule has 26 heavy (non-hydrogen) atoms. The van der Waals surface area contributed by atoms with E-state index in [9.17, 15) is 14.4 Å². The van der Waals surface area contributed by atoms with Crippen LogP contribution in [0.2, 0.25) is 0 Å². The first kappa shape index (κ1) is 16.3. The van der Waals surface area contributed by atoms with Crippen LogP contribution in [0.15, 0.2) is 66.7 Å². The fourth-order valence-electron chi connectivity index (χ4n) is 3.54. The van der Waals surface area contributed by atoms with Gasteiger partial charge < -0.3 is 5.32 Å². The second kappa shape index (κ2) is 6.59. The van der Waals surface area contributed by atoms with E-state index in [2.05, 4.69) is 5.32 Å². The molecule has 5 heteroatoms. The van der Waals surface area contributed by atoms with E-state index in [1.54, 1.807) is 48.5 Å². The number of benzene rings is 2. The van der Waals surface area contributed by atoms with Crippen LogP contribution in [0.25, 0.3) is 0 Å². The number of hydrogen-bond donors (Lipinski definition) is 1. The standard InChI is InChI=1S/C21H18N2O3/c24-19(14-6-2-1-3-7-14)22-15-10-12-16(13-11-15)23-20(25)17-8-4-5-9-18(17)21(23)26/h1-7,10-13,17-18H,8-9H2,(H,22,24)/t17-,18+. The van der Waals surface area contributed by atoms with E-state index >= 15 is 0 Å². The van der Waals surface area contributed by atoms with Crippen LogP contribution in [-0.4, -0.2) is 17.7 Å². The highest BCUT2D eigenvalue weighted by Crippen LogP contribution is 2.37. The van der Waals surface area contributed by atoms with Crippen molar-refractivity contribution in [1.82, 2.24) is 0 Å². The molecule has 2 aromatic carbocycles. The molecule has 4 rings (SSSR count). The normalized spacial score (nSPS) is 21.6. The molecule has 1 saturated heterocycles. The third-order valence-electron chi connectivity index (χ3n) is 4.93. The molecule has 1 aliphatic carbocycles. The highest BCUT2D eigenvalue weighted by molar-refractivity contribution is 6.22. The van der Waals surface area contributed by atoms with Crippen molar-refractivity contribution in [3.8, 4) is 0 Å². The van der Waals surface area contributed by atoms with Crippen molar-refractivity contribution in [3.05, 3.63) is 72.3 Å². The van der Waals surface area contributed by atoms with Gasteiger partial charge in [-0.2, -0.15) is 0 Å². The zero-order valence-electron chi connectivity index (χ0n) is 14.1. The molecule has 2 aliphatic rings. The maximum Gasteiger partial charge on any atom is 0.255 e. The summed E-state index contributed by atoms with van der Waals surface area (Å²) in [6, 6.07) is 15.7. The van der Waals surface area contributed by atoms with Crippen LogP contribution in [0.3, 0.4) is 0 Å². The first-order valence-corrected chi connectivity index (χ1v) is 8.64. The van der Waals surface area contributed by atoms with E-state index in [1.807, 2.05) is 18.2 Å². The Bertz CT molecular complexity index is 861. The van der Waals surface area contributed by atoms with Gasteiger partial charge in [-0.25, -0.2) is 0 Å². The third-order valence-corrected chi connectivity index (χ3v) is 4.93. The van der Waals surface area contributed by atoms with Gasteiger partial charge in [0, 0.05) is 11.3 Å². The minimum atomic E-state index is -0.245. The van der Waals surface area contributed by atoms with Crippen LogP contribution >= 0.6 is 0 Å². The van der Waals surface area contributed by atoms with Crippen LogP contribution < -0.4 is 10.2 Å². The van der Waals surface area contributed by atoms with Crippen LogP contribution in [0.5, 0.6) is 0 Å². The molecule has 0 bridgehead atoms. The van der Waals surface area contributed by atoms with Gasteiger partial charge >= 0.3 is 0 Å². The van der Waals surface area contributed by atoms with Gasteiger partial charge in [-0.05, 0) is 49.2 Å². The molecule has 0 radical (unpaired) electrons. The SMILES string of the molecule is O=C(Nc1ccc(N2C(=O)[C@H]3CC=CC[C@H]3C2=O)cc1)c1ccccc1. The van der Waals surface area contributed by atoms with Gasteiger partial charge in [-0.15, -0.1) is 0 Å². The lowest BCUT2D eigenvalue weighted by Crippen LogP contribution is -2.30. The third kappa shape index (κ3) is 2.81. The lowest BCUT2D eigenvalue weighted by Gasteiger charge is -2.15. The van der Waals surface area contributed by atoms with Gasteiger partial charge in [-0.3, -0.25) is 19.3 Å². The maximum absolute atomic E-state index is 12.6. The molecule has 0 spiro atoms. The van der Waals surface area contributed by atoms with E-state index in [-0.39, 0.29) is 29.6 Å². The summed E-state index contributed by atoms with van der Waals surface area (Å²) in [5, 5.41) is 2.81. The molecular formula is C21H18N2O3. The van der Waals surface area contributed by atoms with Gasteiger partial charge in [-0.1, -0.05) is 30.4 Å². The number of anilines is 2. The van der Waals surface area contributed by atoms with Gasteiger partial charge in [0.25, 0.3) is 5.91 Å². The number of imide groups is 1. The van der Waals surface area contributed by atoms with Gasteiger partial charge in [0.1, 0.15) is 0 Å². The molecule has 5 nitrogen and oxygen atoms in total. The summed E-state index contributed by atoms with van der Waals surface area (Å²) in [6.45, 7) is 0. The zero-order valence-corrected chi connectivity index (χ0v) is 14.1. The van der Waals surface area contributed by atoms with Gasteiger partial charge in [0.2, 0.25) is 11.8 Å². The molecule has 0 unspecified atom stereocenters. The topological polar surface area (TPSA) is 66.5 Å². The van der Waals surface area contributed by atoms with Crippen LogP contribution in [0.4, 0.5) is 11.4 Å². The monoisotopic (exact) mass is 346 g/mol. The van der Waals surface area contributed by atoms with Crippen molar-refractivity contribution in [1.29, 1.82) is 0 Å². The highest BCUT2D eigenvalue weighted by Gasteiger charge is 2.47. The molecule has 1 heterocycles. The maximum atomic E-state index is 12.6. The summed E-state index contributed by atoms with van der Waals surface area (Å²) in [6.07, 6.45) is 5.18. The lowest BCUT2D eigenvalue weighted by molar-refractivity contribution is -0.122. The van der Waals surface area contributed by atoms with E-state index in [0.717, 1.165) is 0 Å². The lowest BCUT2D eigenvalue weighted by atomic mass is 9.85.